The lowest BCUT2D eigenvalue weighted by Gasteiger charge is -2.16. The first-order valence-electron chi connectivity index (χ1n) is 7.05. The Labute approximate surface area is 122 Å². The molecule has 2 rings (SSSR count). The second-order valence-corrected chi connectivity index (χ2v) is 5.08. The molecule has 0 unspecified atom stereocenters. The van der Waals surface area contributed by atoms with Gasteiger partial charge < -0.3 is 5.32 Å². The van der Waals surface area contributed by atoms with E-state index in [4.69, 9.17) is 0 Å². The molecule has 1 aliphatic carbocycles. The first-order valence-corrected chi connectivity index (χ1v) is 7.05. The van der Waals surface area contributed by atoms with Crippen LogP contribution in [0.3, 0.4) is 0 Å². The molecule has 1 aromatic carbocycles. The fourth-order valence-electron chi connectivity index (χ4n) is 2.26. The zero-order valence-electron chi connectivity index (χ0n) is 11.6. The van der Waals surface area contributed by atoms with Crippen LogP contribution in [0, 0.1) is 11.7 Å². The molecule has 1 fully saturated rings. The summed E-state index contributed by atoms with van der Waals surface area (Å²) >= 11 is 0. The Kier molecular flexibility index (Phi) is 5.43. The van der Waals surface area contributed by atoms with Crippen LogP contribution in [0.5, 0.6) is 0 Å². The van der Waals surface area contributed by atoms with Crippen LogP contribution in [0.15, 0.2) is 29.4 Å². The molecule has 1 aromatic rings. The van der Waals surface area contributed by atoms with Crippen molar-refractivity contribution in [2.24, 2.45) is 11.0 Å². The molecule has 1 aliphatic rings. The molecule has 5 nitrogen and oxygen atoms in total. The van der Waals surface area contributed by atoms with Crippen LogP contribution in [-0.2, 0) is 9.59 Å². The van der Waals surface area contributed by atoms with Gasteiger partial charge in [0.2, 0.25) is 0 Å². The summed E-state index contributed by atoms with van der Waals surface area (Å²) in [5, 5.41) is 6.19. The van der Waals surface area contributed by atoms with E-state index in [0.29, 0.717) is 11.6 Å². The molecule has 0 spiro atoms. The van der Waals surface area contributed by atoms with Gasteiger partial charge in [0.25, 0.3) is 0 Å². The van der Waals surface area contributed by atoms with Gasteiger partial charge in [-0.25, -0.2) is 9.82 Å². The van der Waals surface area contributed by atoms with E-state index in [1.807, 2.05) is 0 Å². The molecule has 6 heteroatoms. The molecule has 0 radical (unpaired) electrons. The number of nitrogens with one attached hydrogen (secondary N) is 2. The fraction of sp³-hybridized carbons (Fsp3) is 0.400. The van der Waals surface area contributed by atoms with Crippen LogP contribution in [-0.4, -0.2) is 18.0 Å². The summed E-state index contributed by atoms with van der Waals surface area (Å²) in [4.78, 5) is 23.1. The number of nitrogens with zero attached hydrogens (tertiary/aromatic N) is 1. The van der Waals surface area contributed by atoms with Crippen LogP contribution in [0.1, 0.15) is 32.1 Å². The quantitative estimate of drug-likeness (QED) is 0.510. The molecular formula is C15H18FN3O2. The number of hydrogen-bond acceptors (Lipinski definition) is 3. The largest absolute Gasteiger partial charge is 0.329 e. The third-order valence-electron chi connectivity index (χ3n) is 3.41. The molecule has 0 heterocycles. The zero-order valence-corrected chi connectivity index (χ0v) is 11.6. The van der Waals surface area contributed by atoms with E-state index >= 15 is 0 Å². The van der Waals surface area contributed by atoms with Gasteiger partial charge in [-0.3, -0.25) is 9.59 Å². The Balaban J connectivity index is 1.78. The van der Waals surface area contributed by atoms with Gasteiger partial charge in [-0.2, -0.15) is 5.10 Å². The number of benzene rings is 1. The Morgan fingerprint density at radius 2 is 1.76 bits per heavy atom. The monoisotopic (exact) mass is 291 g/mol. The number of carbonyl (C=O) groups is 2. The molecule has 0 aromatic heterocycles. The lowest BCUT2D eigenvalue weighted by atomic mass is 9.90. The number of amides is 2. The van der Waals surface area contributed by atoms with Crippen molar-refractivity contribution in [1.82, 2.24) is 5.43 Å². The van der Waals surface area contributed by atoms with E-state index in [0.717, 1.165) is 12.8 Å². The number of rotatable bonds is 3. The van der Waals surface area contributed by atoms with Gasteiger partial charge in [-0.15, -0.1) is 0 Å². The Morgan fingerprint density at radius 3 is 2.43 bits per heavy atom. The molecule has 2 amide bonds. The second-order valence-electron chi connectivity index (χ2n) is 5.08. The first kappa shape index (κ1) is 15.2. The maximum atomic E-state index is 12.7. The number of hydrazone groups is 1. The highest BCUT2D eigenvalue weighted by atomic mass is 19.1. The number of hydrogen-bond donors (Lipinski definition) is 2. The van der Waals surface area contributed by atoms with Crippen molar-refractivity contribution >= 4 is 23.7 Å². The van der Waals surface area contributed by atoms with Crippen molar-refractivity contribution in [1.29, 1.82) is 0 Å². The number of carbonyl (C=O) groups excluding carboxylic acids is 2. The fourth-order valence-corrected chi connectivity index (χ4v) is 2.26. The third-order valence-corrected chi connectivity index (χ3v) is 3.41. The van der Waals surface area contributed by atoms with Crippen molar-refractivity contribution in [3.05, 3.63) is 30.1 Å². The predicted octanol–water partition coefficient (Wildman–Crippen LogP) is 2.45. The minimum Gasteiger partial charge on any atom is -0.318 e. The minimum atomic E-state index is -0.841. The van der Waals surface area contributed by atoms with E-state index in [1.54, 1.807) is 6.21 Å². The molecule has 0 bridgehead atoms. The van der Waals surface area contributed by atoms with Crippen molar-refractivity contribution in [3.63, 3.8) is 0 Å². The van der Waals surface area contributed by atoms with Gasteiger partial charge >= 0.3 is 11.8 Å². The highest BCUT2D eigenvalue weighted by Gasteiger charge is 2.14. The molecule has 0 atom stereocenters. The van der Waals surface area contributed by atoms with Crippen LogP contribution < -0.4 is 10.7 Å². The van der Waals surface area contributed by atoms with Crippen LogP contribution in [0.25, 0.3) is 0 Å². The Morgan fingerprint density at radius 1 is 1.10 bits per heavy atom. The minimum absolute atomic E-state index is 0.354. The molecule has 1 saturated carbocycles. The van der Waals surface area contributed by atoms with E-state index in [1.165, 1.54) is 43.5 Å². The van der Waals surface area contributed by atoms with Gasteiger partial charge in [-0.05, 0) is 43.0 Å². The van der Waals surface area contributed by atoms with Gasteiger partial charge in [0.1, 0.15) is 5.82 Å². The Bertz CT molecular complexity index is 522. The highest BCUT2D eigenvalue weighted by molar-refractivity contribution is 6.39. The lowest BCUT2D eigenvalue weighted by molar-refractivity contribution is -0.136. The normalized spacial score (nSPS) is 15.9. The first-order chi connectivity index (χ1) is 10.1. The average Bonchev–Trinajstić information content (AvgIpc) is 2.50. The van der Waals surface area contributed by atoms with Gasteiger partial charge in [0.05, 0.1) is 0 Å². The predicted molar refractivity (Wildman–Crippen MR) is 78.2 cm³/mol. The topological polar surface area (TPSA) is 70.6 Å². The SMILES string of the molecule is O=C(N/N=C/C1CCCCC1)C(=O)Nc1ccc(F)cc1. The standard InChI is InChI=1S/C15H18FN3O2/c16-12-6-8-13(9-7-12)18-14(20)15(21)19-17-10-11-4-2-1-3-5-11/h6-11H,1-5H2,(H,18,20)(H,19,21)/b17-10+. The van der Waals surface area contributed by atoms with E-state index < -0.39 is 17.6 Å². The number of anilines is 1. The second kappa shape index (κ2) is 7.52. The smallest absolute Gasteiger partial charge is 0.318 e. The van der Waals surface area contributed by atoms with E-state index in [2.05, 4.69) is 15.8 Å². The maximum absolute atomic E-state index is 12.7. The third kappa shape index (κ3) is 4.98. The summed E-state index contributed by atoms with van der Waals surface area (Å²) in [6.07, 6.45) is 7.44. The van der Waals surface area contributed by atoms with Gasteiger partial charge in [0.15, 0.2) is 0 Å². The number of halogens is 1. The van der Waals surface area contributed by atoms with Crippen molar-refractivity contribution in [2.45, 2.75) is 32.1 Å². The molecule has 0 aliphatic heterocycles. The molecule has 2 N–H and O–H groups in total. The lowest BCUT2D eigenvalue weighted by Crippen LogP contribution is -2.32. The van der Waals surface area contributed by atoms with Gasteiger partial charge in [0, 0.05) is 11.9 Å². The van der Waals surface area contributed by atoms with Crippen molar-refractivity contribution in [3.8, 4) is 0 Å². The summed E-state index contributed by atoms with van der Waals surface area (Å²) in [5.74, 6) is -1.71. The zero-order chi connectivity index (χ0) is 15.1. The summed E-state index contributed by atoms with van der Waals surface area (Å²) < 4.78 is 12.7. The summed E-state index contributed by atoms with van der Waals surface area (Å²) in [5.41, 5.74) is 2.56. The van der Waals surface area contributed by atoms with Crippen LogP contribution >= 0.6 is 0 Å². The molecular weight excluding hydrogens is 273 g/mol. The summed E-state index contributed by atoms with van der Waals surface area (Å²) in [7, 11) is 0. The van der Waals surface area contributed by atoms with Crippen LogP contribution in [0.4, 0.5) is 10.1 Å². The van der Waals surface area contributed by atoms with E-state index in [9.17, 15) is 14.0 Å². The summed E-state index contributed by atoms with van der Waals surface area (Å²) in [6.45, 7) is 0. The Hall–Kier alpha value is -2.24. The molecule has 112 valence electrons. The molecule has 0 saturated heterocycles. The average molecular weight is 291 g/mol. The van der Waals surface area contributed by atoms with Crippen LogP contribution in [0.2, 0.25) is 0 Å². The molecule has 21 heavy (non-hydrogen) atoms. The van der Waals surface area contributed by atoms with Gasteiger partial charge in [-0.1, -0.05) is 19.3 Å². The van der Waals surface area contributed by atoms with E-state index in [-0.39, 0.29) is 0 Å². The maximum Gasteiger partial charge on any atom is 0.329 e. The van der Waals surface area contributed by atoms with Crippen molar-refractivity contribution in [2.75, 3.05) is 5.32 Å². The summed E-state index contributed by atoms with van der Waals surface area (Å²) in [6, 6.07) is 5.17. The highest BCUT2D eigenvalue weighted by Crippen LogP contribution is 2.21. The van der Waals surface area contributed by atoms with Crippen molar-refractivity contribution < 1.29 is 14.0 Å².